The SMILES string of the molecule is [CH2]CC1(C)N=N1. The monoisotopic (exact) mass is 83.1 g/mol. The Morgan fingerprint density at radius 2 is 2.17 bits per heavy atom. The summed E-state index contributed by atoms with van der Waals surface area (Å²) in [6, 6.07) is 0. The van der Waals surface area contributed by atoms with Crippen molar-refractivity contribution < 1.29 is 0 Å². The highest BCUT2D eigenvalue weighted by atomic mass is 15.4. The molecule has 0 aliphatic carbocycles. The topological polar surface area (TPSA) is 24.7 Å². The lowest BCUT2D eigenvalue weighted by atomic mass is 10.2. The fraction of sp³-hybridized carbons (Fsp3) is 0.750. The average Bonchev–Trinajstić information content (AvgIpc) is 2.22. The molecule has 0 atom stereocenters. The van der Waals surface area contributed by atoms with E-state index in [-0.39, 0.29) is 5.66 Å². The van der Waals surface area contributed by atoms with Gasteiger partial charge in [0.25, 0.3) is 0 Å². The molecule has 2 nitrogen and oxygen atoms in total. The van der Waals surface area contributed by atoms with E-state index in [4.69, 9.17) is 0 Å². The number of nitrogens with zero attached hydrogens (tertiary/aromatic N) is 2. The normalized spacial score (nSPS) is 24.3. The first-order valence-electron chi connectivity index (χ1n) is 2.00. The van der Waals surface area contributed by atoms with Gasteiger partial charge in [0.1, 0.15) is 0 Å². The van der Waals surface area contributed by atoms with Gasteiger partial charge in [-0.2, -0.15) is 10.2 Å². The third-order valence-electron chi connectivity index (χ3n) is 0.915. The van der Waals surface area contributed by atoms with Gasteiger partial charge in [-0.3, -0.25) is 0 Å². The first-order chi connectivity index (χ1) is 2.77. The molecule has 0 bridgehead atoms. The summed E-state index contributed by atoms with van der Waals surface area (Å²) in [7, 11) is 0. The zero-order valence-electron chi connectivity index (χ0n) is 3.81. The smallest absolute Gasteiger partial charge is 0.159 e. The van der Waals surface area contributed by atoms with Crippen molar-refractivity contribution in [1.82, 2.24) is 0 Å². The van der Waals surface area contributed by atoms with Crippen LogP contribution in [0.1, 0.15) is 13.3 Å². The molecule has 0 N–H and O–H groups in total. The maximum atomic E-state index is 3.72. The quantitative estimate of drug-likeness (QED) is 0.457. The van der Waals surface area contributed by atoms with Crippen molar-refractivity contribution in [2.45, 2.75) is 19.0 Å². The van der Waals surface area contributed by atoms with Crippen LogP contribution in [0.4, 0.5) is 0 Å². The van der Waals surface area contributed by atoms with Crippen molar-refractivity contribution in [3.63, 3.8) is 0 Å². The Bertz CT molecular complexity index is 79.5. The lowest BCUT2D eigenvalue weighted by molar-refractivity contribution is 0.677. The van der Waals surface area contributed by atoms with Gasteiger partial charge in [-0.05, 0) is 20.3 Å². The Morgan fingerprint density at radius 3 is 2.17 bits per heavy atom. The molecule has 0 amide bonds. The van der Waals surface area contributed by atoms with Gasteiger partial charge >= 0.3 is 0 Å². The Hall–Kier alpha value is -0.400. The van der Waals surface area contributed by atoms with Crippen LogP contribution in [0, 0.1) is 6.92 Å². The molecule has 0 spiro atoms. The maximum absolute atomic E-state index is 3.72. The number of hydrogen-bond donors (Lipinski definition) is 0. The molecule has 0 fully saturated rings. The Morgan fingerprint density at radius 1 is 1.67 bits per heavy atom. The van der Waals surface area contributed by atoms with Crippen LogP contribution in [0.15, 0.2) is 10.2 Å². The van der Waals surface area contributed by atoms with Crippen LogP contribution in [-0.2, 0) is 0 Å². The second-order valence-corrected chi connectivity index (χ2v) is 1.67. The van der Waals surface area contributed by atoms with Crippen molar-refractivity contribution in [3.05, 3.63) is 6.92 Å². The van der Waals surface area contributed by atoms with Crippen LogP contribution in [0.3, 0.4) is 0 Å². The minimum absolute atomic E-state index is 0.0694. The van der Waals surface area contributed by atoms with Gasteiger partial charge in [0.2, 0.25) is 0 Å². The average molecular weight is 83.1 g/mol. The van der Waals surface area contributed by atoms with Crippen LogP contribution in [0.5, 0.6) is 0 Å². The third kappa shape index (κ3) is 0.421. The van der Waals surface area contributed by atoms with E-state index in [1.54, 1.807) is 0 Å². The van der Waals surface area contributed by atoms with E-state index >= 15 is 0 Å². The van der Waals surface area contributed by atoms with E-state index in [9.17, 15) is 0 Å². The summed E-state index contributed by atoms with van der Waals surface area (Å²) in [6.07, 6.45) is 0.799. The molecule has 0 aromatic carbocycles. The Labute approximate surface area is 37.3 Å². The predicted molar refractivity (Wildman–Crippen MR) is 23.2 cm³/mol. The lowest BCUT2D eigenvalue weighted by Crippen LogP contribution is -1.98. The standard InChI is InChI=1S/C4H7N2/c1-3-4(2)5-6-4/h1,3H2,2H3. The summed E-state index contributed by atoms with van der Waals surface area (Å²) < 4.78 is 0. The lowest BCUT2D eigenvalue weighted by Gasteiger charge is -1.90. The van der Waals surface area contributed by atoms with Crippen molar-refractivity contribution in [2.24, 2.45) is 10.2 Å². The van der Waals surface area contributed by atoms with Crippen LogP contribution < -0.4 is 0 Å². The molecule has 0 saturated heterocycles. The molecular formula is C4H7N2. The van der Waals surface area contributed by atoms with E-state index < -0.39 is 0 Å². The number of rotatable bonds is 1. The van der Waals surface area contributed by atoms with Crippen molar-refractivity contribution in [1.29, 1.82) is 0 Å². The molecule has 1 heterocycles. The minimum atomic E-state index is -0.0694. The molecule has 6 heavy (non-hydrogen) atoms. The van der Waals surface area contributed by atoms with Gasteiger partial charge in [0.15, 0.2) is 5.66 Å². The molecule has 0 aromatic rings. The van der Waals surface area contributed by atoms with E-state index in [0.29, 0.717) is 0 Å². The summed E-state index contributed by atoms with van der Waals surface area (Å²) in [5.41, 5.74) is -0.0694. The molecular weight excluding hydrogens is 76.1 g/mol. The van der Waals surface area contributed by atoms with E-state index in [1.165, 1.54) is 0 Å². The molecule has 0 unspecified atom stereocenters. The van der Waals surface area contributed by atoms with Crippen LogP contribution in [-0.4, -0.2) is 5.66 Å². The molecule has 0 aromatic heterocycles. The maximum Gasteiger partial charge on any atom is 0.188 e. The molecule has 1 radical (unpaired) electrons. The fourth-order valence-electron chi connectivity index (χ4n) is 0.185. The van der Waals surface area contributed by atoms with Crippen molar-refractivity contribution in [2.75, 3.05) is 0 Å². The Kier molecular flexibility index (Phi) is 0.508. The van der Waals surface area contributed by atoms with Crippen molar-refractivity contribution in [3.8, 4) is 0 Å². The van der Waals surface area contributed by atoms with Gasteiger partial charge in [-0.25, -0.2) is 0 Å². The first-order valence-corrected chi connectivity index (χ1v) is 2.00. The largest absolute Gasteiger partial charge is 0.188 e. The molecule has 33 valence electrons. The van der Waals surface area contributed by atoms with Gasteiger partial charge in [0.05, 0.1) is 0 Å². The fourth-order valence-corrected chi connectivity index (χ4v) is 0.185. The molecule has 1 rings (SSSR count). The van der Waals surface area contributed by atoms with Gasteiger partial charge < -0.3 is 0 Å². The second kappa shape index (κ2) is 0.806. The zero-order chi connectivity index (χ0) is 4.62. The highest BCUT2D eigenvalue weighted by Gasteiger charge is 2.30. The highest BCUT2D eigenvalue weighted by Crippen LogP contribution is 2.29. The summed E-state index contributed by atoms with van der Waals surface area (Å²) in [5, 5.41) is 7.43. The Balaban J connectivity index is 2.32. The van der Waals surface area contributed by atoms with Gasteiger partial charge in [-0.1, -0.05) is 0 Å². The summed E-state index contributed by atoms with van der Waals surface area (Å²) in [6.45, 7) is 5.59. The van der Waals surface area contributed by atoms with Crippen LogP contribution in [0.25, 0.3) is 0 Å². The summed E-state index contributed by atoms with van der Waals surface area (Å²) >= 11 is 0. The van der Waals surface area contributed by atoms with Gasteiger partial charge in [-0.15, -0.1) is 0 Å². The van der Waals surface area contributed by atoms with Crippen LogP contribution >= 0.6 is 0 Å². The van der Waals surface area contributed by atoms with E-state index in [0.717, 1.165) is 6.42 Å². The molecule has 1 aliphatic heterocycles. The van der Waals surface area contributed by atoms with Crippen LogP contribution in [0.2, 0.25) is 0 Å². The second-order valence-electron chi connectivity index (χ2n) is 1.67. The third-order valence-corrected chi connectivity index (χ3v) is 0.915. The molecule has 1 aliphatic rings. The van der Waals surface area contributed by atoms with E-state index in [1.807, 2.05) is 6.92 Å². The number of hydrogen-bond acceptors (Lipinski definition) is 2. The van der Waals surface area contributed by atoms with Gasteiger partial charge in [0, 0.05) is 0 Å². The first kappa shape index (κ1) is 3.78. The molecule has 0 saturated carbocycles. The zero-order valence-corrected chi connectivity index (χ0v) is 3.81. The highest BCUT2D eigenvalue weighted by molar-refractivity contribution is 4.88. The van der Waals surface area contributed by atoms with E-state index in [2.05, 4.69) is 17.2 Å². The summed E-state index contributed by atoms with van der Waals surface area (Å²) in [4.78, 5) is 0. The predicted octanol–water partition coefficient (Wildman–Crippen LogP) is 1.39. The summed E-state index contributed by atoms with van der Waals surface area (Å²) in [5.74, 6) is 0. The minimum Gasteiger partial charge on any atom is -0.159 e. The molecule has 2 heteroatoms. The van der Waals surface area contributed by atoms with Crippen molar-refractivity contribution >= 4 is 0 Å².